The fourth-order valence-electron chi connectivity index (χ4n) is 2.21. The fourth-order valence-corrected chi connectivity index (χ4v) is 2.21. The van der Waals surface area contributed by atoms with E-state index in [1.54, 1.807) is 36.9 Å². The van der Waals surface area contributed by atoms with E-state index in [1.165, 1.54) is 12.6 Å². The van der Waals surface area contributed by atoms with Crippen LogP contribution in [0.2, 0.25) is 0 Å². The summed E-state index contributed by atoms with van der Waals surface area (Å²) in [4.78, 5) is 16.5. The van der Waals surface area contributed by atoms with Crippen molar-refractivity contribution in [3.63, 3.8) is 0 Å². The minimum atomic E-state index is 0.510. The third-order valence-electron chi connectivity index (χ3n) is 3.22. The number of hydrogen-bond acceptors (Lipinski definition) is 7. The SMILES string of the molecule is c1cnc(-c2cc(-c3ccon3)n(Cc3cncnc3)n2)nc1. The summed E-state index contributed by atoms with van der Waals surface area (Å²) in [5.41, 5.74) is 3.10. The summed E-state index contributed by atoms with van der Waals surface area (Å²) in [5.74, 6) is 0.556. The molecule has 0 aliphatic carbocycles. The van der Waals surface area contributed by atoms with Crippen molar-refractivity contribution in [2.75, 3.05) is 0 Å². The summed E-state index contributed by atoms with van der Waals surface area (Å²) >= 11 is 0. The van der Waals surface area contributed by atoms with Crippen LogP contribution in [0.15, 0.2) is 60.1 Å². The van der Waals surface area contributed by atoms with Gasteiger partial charge in [-0.15, -0.1) is 0 Å². The molecule has 0 unspecified atom stereocenters. The Balaban J connectivity index is 1.78. The van der Waals surface area contributed by atoms with Gasteiger partial charge in [0.25, 0.3) is 0 Å². The van der Waals surface area contributed by atoms with Crippen LogP contribution in [0.5, 0.6) is 0 Å². The van der Waals surface area contributed by atoms with Crippen LogP contribution in [0, 0.1) is 0 Å². The number of nitrogens with zero attached hydrogens (tertiary/aromatic N) is 7. The van der Waals surface area contributed by atoms with Crippen LogP contribution in [0.25, 0.3) is 22.9 Å². The van der Waals surface area contributed by atoms with E-state index < -0.39 is 0 Å². The van der Waals surface area contributed by atoms with Gasteiger partial charge in [0.15, 0.2) is 5.82 Å². The highest BCUT2D eigenvalue weighted by Crippen LogP contribution is 2.23. The van der Waals surface area contributed by atoms with Gasteiger partial charge in [-0.1, -0.05) is 5.16 Å². The lowest BCUT2D eigenvalue weighted by Gasteiger charge is -2.04. The summed E-state index contributed by atoms with van der Waals surface area (Å²) in [6, 6.07) is 5.43. The molecule has 0 saturated carbocycles. The predicted octanol–water partition coefficient (Wildman–Crippen LogP) is 1.83. The monoisotopic (exact) mass is 305 g/mol. The van der Waals surface area contributed by atoms with Crippen LogP contribution >= 0.6 is 0 Å². The molecule has 0 saturated heterocycles. The zero-order valence-electron chi connectivity index (χ0n) is 11.9. The largest absolute Gasteiger partial charge is 0.364 e. The van der Waals surface area contributed by atoms with Gasteiger partial charge < -0.3 is 4.52 Å². The molecule has 0 atom stereocenters. The lowest BCUT2D eigenvalue weighted by molar-refractivity contribution is 0.421. The molecule has 8 heteroatoms. The summed E-state index contributed by atoms with van der Waals surface area (Å²) in [6.07, 6.45) is 9.88. The quantitative estimate of drug-likeness (QED) is 0.567. The highest BCUT2D eigenvalue weighted by Gasteiger charge is 2.15. The van der Waals surface area contributed by atoms with Crippen molar-refractivity contribution in [1.29, 1.82) is 0 Å². The zero-order chi connectivity index (χ0) is 15.5. The Labute approximate surface area is 130 Å². The first kappa shape index (κ1) is 13.3. The van der Waals surface area contributed by atoms with E-state index in [9.17, 15) is 0 Å². The predicted molar refractivity (Wildman–Crippen MR) is 79.9 cm³/mol. The molecule has 8 nitrogen and oxygen atoms in total. The summed E-state index contributed by atoms with van der Waals surface area (Å²) in [6.45, 7) is 0.510. The molecule has 0 spiro atoms. The lowest BCUT2D eigenvalue weighted by Crippen LogP contribution is -2.05. The van der Waals surface area contributed by atoms with Crippen molar-refractivity contribution in [3.05, 3.63) is 61.1 Å². The summed E-state index contributed by atoms with van der Waals surface area (Å²) in [7, 11) is 0. The van der Waals surface area contributed by atoms with E-state index in [4.69, 9.17) is 4.52 Å². The third-order valence-corrected chi connectivity index (χ3v) is 3.22. The van der Waals surface area contributed by atoms with Crippen molar-refractivity contribution >= 4 is 0 Å². The maximum Gasteiger partial charge on any atom is 0.180 e. The van der Waals surface area contributed by atoms with Gasteiger partial charge in [-0.05, 0) is 12.1 Å². The first-order valence-corrected chi connectivity index (χ1v) is 6.90. The zero-order valence-corrected chi connectivity index (χ0v) is 11.9. The second kappa shape index (κ2) is 5.76. The third kappa shape index (κ3) is 2.69. The first-order chi connectivity index (χ1) is 11.4. The Kier molecular flexibility index (Phi) is 3.32. The molecule has 23 heavy (non-hydrogen) atoms. The van der Waals surface area contributed by atoms with Crippen LogP contribution in [0.1, 0.15) is 5.56 Å². The van der Waals surface area contributed by atoms with E-state index >= 15 is 0 Å². The average Bonchev–Trinajstić information content (AvgIpc) is 3.26. The number of hydrogen-bond donors (Lipinski definition) is 0. The Bertz CT molecular complexity index is 888. The van der Waals surface area contributed by atoms with Gasteiger partial charge in [0.05, 0.1) is 12.2 Å². The molecule has 0 fully saturated rings. The van der Waals surface area contributed by atoms with E-state index in [0.29, 0.717) is 23.8 Å². The number of rotatable bonds is 4. The summed E-state index contributed by atoms with van der Waals surface area (Å²) < 4.78 is 6.75. The second-order valence-electron chi connectivity index (χ2n) is 4.78. The van der Waals surface area contributed by atoms with Gasteiger partial charge in [0.1, 0.15) is 24.0 Å². The van der Waals surface area contributed by atoms with E-state index in [2.05, 4.69) is 30.2 Å². The topological polar surface area (TPSA) is 95.4 Å². The molecule has 0 N–H and O–H groups in total. The Morgan fingerprint density at radius 2 is 1.87 bits per heavy atom. The Hall–Kier alpha value is -3.42. The normalized spacial score (nSPS) is 10.8. The van der Waals surface area contributed by atoms with Gasteiger partial charge in [0, 0.05) is 36.4 Å². The van der Waals surface area contributed by atoms with Crippen LogP contribution in [-0.4, -0.2) is 34.9 Å². The molecule has 112 valence electrons. The maximum absolute atomic E-state index is 4.94. The first-order valence-electron chi connectivity index (χ1n) is 6.90. The molecule has 4 aromatic heterocycles. The molecule has 0 aliphatic rings. The van der Waals surface area contributed by atoms with Crippen molar-refractivity contribution in [2.45, 2.75) is 6.54 Å². The smallest absolute Gasteiger partial charge is 0.180 e. The minimum Gasteiger partial charge on any atom is -0.364 e. The molecule has 0 aliphatic heterocycles. The molecule has 4 aromatic rings. The average molecular weight is 305 g/mol. The van der Waals surface area contributed by atoms with Gasteiger partial charge in [-0.25, -0.2) is 19.9 Å². The molecule has 0 radical (unpaired) electrons. The molecule has 4 rings (SSSR count). The second-order valence-corrected chi connectivity index (χ2v) is 4.78. The van der Waals surface area contributed by atoms with E-state index in [-0.39, 0.29) is 0 Å². The van der Waals surface area contributed by atoms with Gasteiger partial charge in [0.2, 0.25) is 0 Å². The van der Waals surface area contributed by atoms with E-state index in [0.717, 1.165) is 11.3 Å². The van der Waals surface area contributed by atoms with Crippen molar-refractivity contribution in [1.82, 2.24) is 34.9 Å². The molecular formula is C15H11N7O. The van der Waals surface area contributed by atoms with Crippen LogP contribution < -0.4 is 0 Å². The van der Waals surface area contributed by atoms with Gasteiger partial charge >= 0.3 is 0 Å². The van der Waals surface area contributed by atoms with Gasteiger partial charge in [-0.2, -0.15) is 5.10 Å². The van der Waals surface area contributed by atoms with Crippen LogP contribution in [-0.2, 0) is 6.54 Å². The molecule has 0 aromatic carbocycles. The number of aromatic nitrogens is 7. The minimum absolute atomic E-state index is 0.510. The van der Waals surface area contributed by atoms with Crippen LogP contribution in [0.3, 0.4) is 0 Å². The molecule has 0 bridgehead atoms. The molecule has 4 heterocycles. The maximum atomic E-state index is 4.94. The highest BCUT2D eigenvalue weighted by molar-refractivity contribution is 5.62. The molecule has 0 amide bonds. The van der Waals surface area contributed by atoms with E-state index in [1.807, 2.05) is 10.7 Å². The highest BCUT2D eigenvalue weighted by atomic mass is 16.5. The Morgan fingerprint density at radius 1 is 1.04 bits per heavy atom. The standard InChI is InChI=1S/C15H11N7O/c1-3-18-15(19-4-1)13-6-14(12-2-5-23-21-12)22(20-13)9-11-7-16-10-17-8-11/h1-8,10H,9H2. The fraction of sp³-hybridized carbons (Fsp3) is 0.0667. The molecular weight excluding hydrogens is 294 g/mol. The summed E-state index contributed by atoms with van der Waals surface area (Å²) in [5, 5.41) is 8.57. The van der Waals surface area contributed by atoms with Crippen LogP contribution in [0.4, 0.5) is 0 Å². The van der Waals surface area contributed by atoms with Gasteiger partial charge in [-0.3, -0.25) is 4.68 Å². The van der Waals surface area contributed by atoms with Crippen molar-refractivity contribution in [2.24, 2.45) is 0 Å². The Morgan fingerprint density at radius 3 is 2.61 bits per heavy atom. The van der Waals surface area contributed by atoms with Crippen molar-refractivity contribution < 1.29 is 4.52 Å². The van der Waals surface area contributed by atoms with Crippen molar-refractivity contribution in [3.8, 4) is 22.9 Å². The lowest BCUT2D eigenvalue weighted by atomic mass is 10.2.